The van der Waals surface area contributed by atoms with Crippen LogP contribution < -0.4 is 0 Å². The molecule has 0 N–H and O–H groups in total. The molecule has 10 heavy (non-hydrogen) atoms. The number of rotatable bonds is 4. The maximum absolute atomic E-state index is 5.35. The van der Waals surface area contributed by atoms with Gasteiger partial charge in [-0.2, -0.15) is 0 Å². The SMILES string of the molecule is CC(C)OP([Se])OC(C)C. The summed E-state index contributed by atoms with van der Waals surface area (Å²) in [5.41, 5.74) is 0. The molecule has 0 aromatic carbocycles. The van der Waals surface area contributed by atoms with Crippen molar-refractivity contribution in [2.45, 2.75) is 39.9 Å². The van der Waals surface area contributed by atoms with Crippen LogP contribution in [0.2, 0.25) is 0 Å². The van der Waals surface area contributed by atoms with Crippen molar-refractivity contribution in [1.29, 1.82) is 0 Å². The summed E-state index contributed by atoms with van der Waals surface area (Å²) in [5.74, 6) is 0. The van der Waals surface area contributed by atoms with E-state index in [2.05, 4.69) is 15.6 Å². The molecule has 4 heteroatoms. The molecule has 61 valence electrons. The fourth-order valence-corrected chi connectivity index (χ4v) is 3.27. The average molecular weight is 228 g/mol. The van der Waals surface area contributed by atoms with Crippen LogP contribution in [0.25, 0.3) is 0 Å². The summed E-state index contributed by atoms with van der Waals surface area (Å²) in [6, 6.07) is 0. The summed E-state index contributed by atoms with van der Waals surface area (Å²) in [4.78, 5) is 0. The minimum atomic E-state index is -0.784. The third-order valence-electron chi connectivity index (χ3n) is 0.594. The van der Waals surface area contributed by atoms with Gasteiger partial charge in [0.1, 0.15) is 0 Å². The van der Waals surface area contributed by atoms with E-state index in [1.54, 1.807) is 0 Å². The average Bonchev–Trinajstić information content (AvgIpc) is 1.58. The van der Waals surface area contributed by atoms with Crippen LogP contribution in [0.15, 0.2) is 0 Å². The Balaban J connectivity index is 3.34. The van der Waals surface area contributed by atoms with Gasteiger partial charge in [-0.15, -0.1) is 0 Å². The third-order valence-corrected chi connectivity index (χ3v) is 2.86. The maximum atomic E-state index is 5.35. The Bertz CT molecular complexity index is 77.8. The van der Waals surface area contributed by atoms with Crippen molar-refractivity contribution < 1.29 is 9.05 Å². The molecule has 1 radical (unpaired) electrons. The second kappa shape index (κ2) is 5.51. The van der Waals surface area contributed by atoms with E-state index in [9.17, 15) is 0 Å². The van der Waals surface area contributed by atoms with E-state index in [0.717, 1.165) is 0 Å². The van der Waals surface area contributed by atoms with Crippen LogP contribution in [-0.4, -0.2) is 27.8 Å². The summed E-state index contributed by atoms with van der Waals surface area (Å²) in [5, 5.41) is 0. The summed E-state index contributed by atoms with van der Waals surface area (Å²) >= 11 is 2.86. The monoisotopic (exact) mass is 229 g/mol. The molecule has 0 aliphatic rings. The Morgan fingerprint density at radius 2 is 1.30 bits per heavy atom. The van der Waals surface area contributed by atoms with Gasteiger partial charge in [0.2, 0.25) is 0 Å². The zero-order valence-electron chi connectivity index (χ0n) is 6.83. The molecule has 0 aliphatic carbocycles. The van der Waals surface area contributed by atoms with E-state index in [-0.39, 0.29) is 12.2 Å². The van der Waals surface area contributed by atoms with Crippen molar-refractivity contribution in [3.63, 3.8) is 0 Å². The Labute approximate surface area is 72.0 Å². The Morgan fingerprint density at radius 1 is 1.00 bits per heavy atom. The van der Waals surface area contributed by atoms with Crippen LogP contribution in [0, 0.1) is 0 Å². The van der Waals surface area contributed by atoms with Crippen LogP contribution >= 0.6 is 7.07 Å². The van der Waals surface area contributed by atoms with Gasteiger partial charge < -0.3 is 0 Å². The molecule has 0 atom stereocenters. The predicted molar refractivity (Wildman–Crippen MR) is 45.1 cm³/mol. The molecule has 0 unspecified atom stereocenters. The molecule has 0 amide bonds. The van der Waals surface area contributed by atoms with Crippen LogP contribution in [0.3, 0.4) is 0 Å². The third kappa shape index (κ3) is 6.98. The molecule has 0 fully saturated rings. The zero-order chi connectivity index (χ0) is 8.15. The first-order valence-electron chi connectivity index (χ1n) is 3.33. The topological polar surface area (TPSA) is 18.5 Å². The Kier molecular flexibility index (Phi) is 5.99. The van der Waals surface area contributed by atoms with Crippen LogP contribution in [0.1, 0.15) is 27.7 Å². The molecule has 0 saturated carbocycles. The van der Waals surface area contributed by atoms with E-state index < -0.39 is 7.07 Å². The van der Waals surface area contributed by atoms with Crippen molar-refractivity contribution in [2.75, 3.05) is 0 Å². The molecule has 0 aromatic rings. The second-order valence-corrected chi connectivity index (χ2v) is 5.28. The first kappa shape index (κ1) is 10.9. The molecular formula is C6H14O2PSe. The Hall–Kier alpha value is 0.869. The van der Waals surface area contributed by atoms with Crippen molar-refractivity contribution in [3.05, 3.63) is 0 Å². The van der Waals surface area contributed by atoms with Gasteiger partial charge in [0.25, 0.3) is 0 Å². The fourth-order valence-electron chi connectivity index (χ4n) is 0.369. The second-order valence-electron chi connectivity index (χ2n) is 2.53. The summed E-state index contributed by atoms with van der Waals surface area (Å²) in [7, 11) is -0.784. The van der Waals surface area contributed by atoms with Gasteiger partial charge in [0.15, 0.2) is 0 Å². The molecule has 0 aromatic heterocycles. The molecule has 0 heterocycles. The predicted octanol–water partition coefficient (Wildman–Crippen LogP) is 2.23. The number of hydrogen-bond acceptors (Lipinski definition) is 2. The van der Waals surface area contributed by atoms with Crippen LogP contribution in [-0.2, 0) is 9.05 Å². The molecule has 2 nitrogen and oxygen atoms in total. The van der Waals surface area contributed by atoms with Crippen molar-refractivity contribution >= 4 is 22.6 Å². The summed E-state index contributed by atoms with van der Waals surface area (Å²) in [6.45, 7) is 7.99. The van der Waals surface area contributed by atoms with Gasteiger partial charge in [-0.25, -0.2) is 0 Å². The summed E-state index contributed by atoms with van der Waals surface area (Å²) in [6.07, 6.45) is 0.484. The van der Waals surface area contributed by atoms with Gasteiger partial charge in [0, 0.05) is 0 Å². The first-order valence-corrected chi connectivity index (χ1v) is 6.72. The Morgan fingerprint density at radius 3 is 1.50 bits per heavy atom. The van der Waals surface area contributed by atoms with E-state index in [4.69, 9.17) is 9.05 Å². The van der Waals surface area contributed by atoms with Crippen molar-refractivity contribution in [2.24, 2.45) is 0 Å². The van der Waals surface area contributed by atoms with E-state index in [1.807, 2.05) is 27.7 Å². The normalized spacial score (nSPS) is 12.0. The van der Waals surface area contributed by atoms with Crippen molar-refractivity contribution in [1.82, 2.24) is 0 Å². The van der Waals surface area contributed by atoms with Crippen LogP contribution in [0.5, 0.6) is 0 Å². The zero-order valence-corrected chi connectivity index (χ0v) is 9.43. The van der Waals surface area contributed by atoms with Crippen molar-refractivity contribution in [3.8, 4) is 0 Å². The van der Waals surface area contributed by atoms with Gasteiger partial charge in [-0.05, 0) is 0 Å². The fraction of sp³-hybridized carbons (Fsp3) is 1.00. The molecule has 0 saturated heterocycles. The van der Waals surface area contributed by atoms with Gasteiger partial charge >= 0.3 is 71.6 Å². The molecular weight excluding hydrogens is 214 g/mol. The first-order chi connectivity index (χ1) is 4.52. The quantitative estimate of drug-likeness (QED) is 0.542. The minimum absolute atomic E-state index is 0.242. The molecule has 0 rings (SSSR count). The van der Waals surface area contributed by atoms with Crippen LogP contribution in [0.4, 0.5) is 0 Å². The van der Waals surface area contributed by atoms with Gasteiger partial charge in [-0.1, -0.05) is 0 Å². The standard InChI is InChI=1S/C6H14O2PSe/c1-5(2)7-9(10)8-6(3)4/h5-6H,1-4H3. The molecule has 0 aliphatic heterocycles. The number of hydrogen-bond donors (Lipinski definition) is 0. The summed E-state index contributed by atoms with van der Waals surface area (Å²) < 4.78 is 10.7. The van der Waals surface area contributed by atoms with E-state index in [0.29, 0.717) is 0 Å². The van der Waals surface area contributed by atoms with Gasteiger partial charge in [0.05, 0.1) is 0 Å². The van der Waals surface area contributed by atoms with E-state index in [1.165, 1.54) is 0 Å². The van der Waals surface area contributed by atoms with E-state index >= 15 is 0 Å². The van der Waals surface area contributed by atoms with Gasteiger partial charge in [-0.3, -0.25) is 0 Å². The molecule has 0 bridgehead atoms. The molecule has 0 spiro atoms.